The number of aliphatic hydroxyl groups is 2. The van der Waals surface area contributed by atoms with E-state index in [0.29, 0.717) is 48.7 Å². The zero-order chi connectivity index (χ0) is 69.6. The number of benzene rings is 8. The van der Waals surface area contributed by atoms with Gasteiger partial charge in [-0.15, -0.1) is 0 Å². The fourth-order valence-electron chi connectivity index (χ4n) is 10.6. The fourth-order valence-corrected chi connectivity index (χ4v) is 10.6. The predicted octanol–water partition coefficient (Wildman–Crippen LogP) is 12.3. The lowest BCUT2D eigenvalue weighted by molar-refractivity contribution is -0.164. The molecule has 8 aromatic rings. The van der Waals surface area contributed by atoms with Crippen LogP contribution in [-0.2, 0) is 66.7 Å². The average Bonchev–Trinajstić information content (AvgIpc) is 0.892. The normalized spacial score (nSPS) is 13.8. The standard InChI is InChI=1S/C78H90O20/c1-5-75(45-79,51-95-71(83)41-89-65-33-29-57-19-9-13-23-61(57)37-65)47-87-49-77(7-3,55-97-73(85)43-91-67-35-31-59-21-11-15-25-63(59)39-67)53-93-69(81)27-17-18-28-70(82)94-54-78(8-4,56-98-74(86)44-92-68-36-32-60-22-12-16-26-64(60)40-68)50-88-48-76(6-2,46-80)52-96-72(84)42-90-66-34-30-58-20-10-14-24-62(58)38-66/h9-16,19-26,29-40,79-80H,5-8,17-18,27-28,41-56H2,1-4H3. The molecule has 20 nitrogen and oxygen atoms in total. The Labute approximate surface area is 571 Å². The van der Waals surface area contributed by atoms with Gasteiger partial charge in [0.1, 0.15) is 62.6 Å². The molecule has 98 heavy (non-hydrogen) atoms. The quantitative estimate of drug-likeness (QED) is 0.0205. The van der Waals surface area contributed by atoms with Crippen molar-refractivity contribution in [2.75, 3.05) is 106 Å². The van der Waals surface area contributed by atoms with Crippen molar-refractivity contribution >= 4 is 78.9 Å². The van der Waals surface area contributed by atoms with Gasteiger partial charge in [0.05, 0.1) is 61.3 Å². The van der Waals surface area contributed by atoms with Gasteiger partial charge in [-0.25, -0.2) is 19.2 Å². The van der Waals surface area contributed by atoms with E-state index in [4.69, 9.17) is 56.8 Å². The van der Waals surface area contributed by atoms with Crippen LogP contribution in [-0.4, -0.2) is 152 Å². The van der Waals surface area contributed by atoms with Crippen molar-refractivity contribution in [3.05, 3.63) is 170 Å². The van der Waals surface area contributed by atoms with Gasteiger partial charge in [-0.05, 0) is 130 Å². The van der Waals surface area contributed by atoms with Crippen LogP contribution in [0.25, 0.3) is 43.1 Å². The summed E-state index contributed by atoms with van der Waals surface area (Å²) in [6.07, 6.45) is 1.67. The topological polar surface area (TPSA) is 254 Å². The van der Waals surface area contributed by atoms with Crippen LogP contribution in [0.3, 0.4) is 0 Å². The number of ether oxygens (including phenoxy) is 12. The number of hydrogen-bond acceptors (Lipinski definition) is 20. The van der Waals surface area contributed by atoms with Crippen LogP contribution in [0.1, 0.15) is 79.1 Å². The summed E-state index contributed by atoms with van der Waals surface area (Å²) in [5, 5.41) is 29.2. The fraction of sp³-hybridized carbons (Fsp3) is 0.410. The van der Waals surface area contributed by atoms with Crippen molar-refractivity contribution in [2.24, 2.45) is 21.7 Å². The van der Waals surface area contributed by atoms with Crippen LogP contribution < -0.4 is 18.9 Å². The molecule has 2 N–H and O–H groups in total. The van der Waals surface area contributed by atoms with Crippen LogP contribution in [0.5, 0.6) is 23.0 Å². The highest BCUT2D eigenvalue weighted by molar-refractivity contribution is 5.86. The van der Waals surface area contributed by atoms with Gasteiger partial charge in [0, 0.05) is 12.8 Å². The van der Waals surface area contributed by atoms with Gasteiger partial charge in [0.25, 0.3) is 0 Å². The molecule has 0 spiro atoms. The van der Waals surface area contributed by atoms with Crippen LogP contribution in [0.2, 0.25) is 0 Å². The SMILES string of the molecule is CCC(CO)(COCC(CC)(COC(=O)CCCCC(=O)OCC(CC)(COCC(CC)(CO)COC(=O)COc1ccc2ccccc2c1)COC(=O)COc1ccc2ccccc2c1)COC(=O)COc1ccc2ccccc2c1)COC(=O)COc1ccc2ccccc2c1. The minimum absolute atomic E-state index is 0.0735. The van der Waals surface area contributed by atoms with Crippen molar-refractivity contribution in [1.82, 2.24) is 0 Å². The van der Waals surface area contributed by atoms with E-state index in [9.17, 15) is 39.0 Å². The van der Waals surface area contributed by atoms with Gasteiger partial charge in [0.2, 0.25) is 0 Å². The van der Waals surface area contributed by atoms with Crippen molar-refractivity contribution in [3.8, 4) is 23.0 Å². The van der Waals surface area contributed by atoms with Gasteiger partial charge < -0.3 is 67.1 Å². The summed E-state index contributed by atoms with van der Waals surface area (Å²) in [4.78, 5) is 79.6. The average molecular weight is 1350 g/mol. The second-order valence-corrected chi connectivity index (χ2v) is 25.1. The number of carbonyl (C=O) groups excluding carboxylic acids is 6. The molecule has 0 saturated carbocycles. The van der Waals surface area contributed by atoms with E-state index in [1.807, 2.05) is 173 Å². The predicted molar refractivity (Wildman–Crippen MR) is 369 cm³/mol. The summed E-state index contributed by atoms with van der Waals surface area (Å²) in [7, 11) is 0. The lowest BCUT2D eigenvalue weighted by Crippen LogP contribution is -2.42. The van der Waals surface area contributed by atoms with E-state index in [1.54, 1.807) is 24.3 Å². The Kier molecular flexibility index (Phi) is 28.4. The number of fused-ring (bicyclic) bond motifs is 4. The van der Waals surface area contributed by atoms with E-state index < -0.39 is 83.9 Å². The molecule has 0 aromatic heterocycles. The van der Waals surface area contributed by atoms with Crippen molar-refractivity contribution in [3.63, 3.8) is 0 Å². The molecule has 0 fully saturated rings. The molecule has 0 aliphatic carbocycles. The summed E-state index contributed by atoms with van der Waals surface area (Å²) >= 11 is 0. The third-order valence-electron chi connectivity index (χ3n) is 17.9. The van der Waals surface area contributed by atoms with E-state index in [-0.39, 0.29) is 105 Å². The molecule has 4 atom stereocenters. The Morgan fingerprint density at radius 1 is 0.286 bits per heavy atom. The van der Waals surface area contributed by atoms with Crippen molar-refractivity contribution in [2.45, 2.75) is 79.1 Å². The molecule has 0 aliphatic rings. The molecule has 0 bridgehead atoms. The zero-order valence-corrected chi connectivity index (χ0v) is 56.4. The first-order valence-corrected chi connectivity index (χ1v) is 33.3. The van der Waals surface area contributed by atoms with Crippen LogP contribution in [0.15, 0.2) is 170 Å². The second kappa shape index (κ2) is 37.4. The minimum atomic E-state index is -1.08. The number of esters is 6. The first-order valence-electron chi connectivity index (χ1n) is 33.3. The summed E-state index contributed by atoms with van der Waals surface area (Å²) < 4.78 is 70.3. The van der Waals surface area contributed by atoms with Gasteiger partial charge >= 0.3 is 35.8 Å². The Hall–Kier alpha value is -9.34. The minimum Gasteiger partial charge on any atom is -0.482 e. The molecule has 8 aromatic carbocycles. The van der Waals surface area contributed by atoms with Crippen LogP contribution in [0.4, 0.5) is 0 Å². The highest BCUT2D eigenvalue weighted by Gasteiger charge is 2.38. The number of carbonyl (C=O) groups is 6. The summed E-state index contributed by atoms with van der Waals surface area (Å²) in [5.41, 5.74) is -4.20. The third kappa shape index (κ3) is 22.6. The monoisotopic (exact) mass is 1350 g/mol. The Morgan fingerprint density at radius 2 is 0.510 bits per heavy atom. The second-order valence-electron chi connectivity index (χ2n) is 25.1. The van der Waals surface area contributed by atoms with Crippen LogP contribution in [0, 0.1) is 21.7 Å². The molecule has 0 radical (unpaired) electrons. The van der Waals surface area contributed by atoms with Crippen molar-refractivity contribution < 1.29 is 95.8 Å². The van der Waals surface area contributed by atoms with E-state index in [1.165, 1.54) is 0 Å². The van der Waals surface area contributed by atoms with Gasteiger partial charge in [-0.2, -0.15) is 0 Å². The highest BCUT2D eigenvalue weighted by atomic mass is 16.6. The Balaban J connectivity index is 0.836. The molecule has 522 valence electrons. The summed E-state index contributed by atoms with van der Waals surface area (Å²) in [6, 6.07) is 52.9. The zero-order valence-electron chi connectivity index (χ0n) is 56.4. The highest BCUT2D eigenvalue weighted by Crippen LogP contribution is 2.32. The van der Waals surface area contributed by atoms with Gasteiger partial charge in [-0.1, -0.05) is 149 Å². The third-order valence-corrected chi connectivity index (χ3v) is 17.9. The molecule has 0 amide bonds. The van der Waals surface area contributed by atoms with Gasteiger partial charge in [0.15, 0.2) is 26.4 Å². The maximum atomic E-state index is 13.5. The molecule has 20 heteroatoms. The number of aliphatic hydroxyl groups excluding tert-OH is 2. The first-order chi connectivity index (χ1) is 47.5. The molecule has 0 heterocycles. The summed E-state index contributed by atoms with van der Waals surface area (Å²) in [5.74, 6) is -1.85. The maximum absolute atomic E-state index is 13.5. The number of hydrogen-bond donors (Lipinski definition) is 2. The largest absolute Gasteiger partial charge is 0.482 e. The van der Waals surface area contributed by atoms with Crippen LogP contribution >= 0.6 is 0 Å². The van der Waals surface area contributed by atoms with E-state index in [0.717, 1.165) is 43.1 Å². The molecule has 8 rings (SSSR count). The molecular weight excluding hydrogens is 1260 g/mol. The number of rotatable bonds is 43. The first kappa shape index (κ1) is 74.5. The lowest BCUT2D eigenvalue weighted by atomic mass is 9.86. The molecular formula is C78H90O20. The Morgan fingerprint density at radius 3 is 0.755 bits per heavy atom. The van der Waals surface area contributed by atoms with E-state index in [2.05, 4.69) is 0 Å². The lowest BCUT2D eigenvalue weighted by Gasteiger charge is -2.35. The van der Waals surface area contributed by atoms with E-state index >= 15 is 0 Å². The smallest absolute Gasteiger partial charge is 0.344 e. The maximum Gasteiger partial charge on any atom is 0.344 e. The van der Waals surface area contributed by atoms with Gasteiger partial charge in [-0.3, -0.25) is 9.59 Å². The molecule has 0 aliphatic heterocycles. The molecule has 4 unspecified atom stereocenters. The number of unbranched alkanes of at least 4 members (excludes halogenated alkanes) is 1. The van der Waals surface area contributed by atoms with Crippen molar-refractivity contribution in [1.29, 1.82) is 0 Å². The summed E-state index contributed by atoms with van der Waals surface area (Å²) in [6.45, 7) is 3.40. The Bertz CT molecular complexity index is 3650. The molecule has 0 saturated heterocycles.